The molecule has 7 nitrogen and oxygen atoms in total. The molecule has 2 heterocycles. The van der Waals surface area contributed by atoms with Crippen molar-refractivity contribution in [3.05, 3.63) is 23.5 Å². The maximum absolute atomic E-state index is 11.7. The highest BCUT2D eigenvalue weighted by Gasteiger charge is 2.19. The monoisotopic (exact) mass is 261 g/mol. The highest BCUT2D eigenvalue weighted by Crippen LogP contribution is 2.19. The van der Waals surface area contributed by atoms with Crippen LogP contribution < -0.4 is 5.73 Å². The van der Waals surface area contributed by atoms with Gasteiger partial charge >= 0.3 is 5.97 Å². The van der Waals surface area contributed by atoms with E-state index in [1.807, 2.05) is 0 Å². The van der Waals surface area contributed by atoms with E-state index in [2.05, 4.69) is 15.1 Å². The SMILES string of the molecule is CCOC(=O)c1c(C)nc(-c2ccn(C)n2)nc1N. The summed E-state index contributed by atoms with van der Waals surface area (Å²) in [4.78, 5) is 20.1. The van der Waals surface area contributed by atoms with Gasteiger partial charge in [-0.05, 0) is 19.9 Å². The molecule has 0 aromatic carbocycles. The van der Waals surface area contributed by atoms with Crippen molar-refractivity contribution in [1.29, 1.82) is 0 Å². The van der Waals surface area contributed by atoms with Gasteiger partial charge in [-0.1, -0.05) is 0 Å². The first-order chi connectivity index (χ1) is 9.02. The Labute approximate surface area is 110 Å². The van der Waals surface area contributed by atoms with Crippen molar-refractivity contribution in [1.82, 2.24) is 19.7 Å². The Balaban J connectivity index is 2.45. The lowest BCUT2D eigenvalue weighted by atomic mass is 10.2. The standard InChI is InChI=1S/C12H15N5O2/c1-4-19-12(18)9-7(2)14-11(15-10(9)13)8-5-6-17(3)16-8/h5-6H,4H2,1-3H3,(H2,13,14,15). The fourth-order valence-electron chi connectivity index (χ4n) is 1.70. The molecule has 0 fully saturated rings. The van der Waals surface area contributed by atoms with E-state index < -0.39 is 5.97 Å². The van der Waals surface area contributed by atoms with Gasteiger partial charge in [-0.15, -0.1) is 0 Å². The Morgan fingerprint density at radius 2 is 2.21 bits per heavy atom. The number of nitrogens with two attached hydrogens (primary N) is 1. The summed E-state index contributed by atoms with van der Waals surface area (Å²) < 4.78 is 6.56. The largest absolute Gasteiger partial charge is 0.462 e. The third kappa shape index (κ3) is 2.54. The predicted molar refractivity (Wildman–Crippen MR) is 69.3 cm³/mol. The Kier molecular flexibility index (Phi) is 3.46. The zero-order chi connectivity index (χ0) is 14.0. The molecular weight excluding hydrogens is 246 g/mol. The summed E-state index contributed by atoms with van der Waals surface area (Å²) in [5.41, 5.74) is 7.10. The molecule has 0 bridgehead atoms. The summed E-state index contributed by atoms with van der Waals surface area (Å²) in [7, 11) is 1.80. The Hall–Kier alpha value is -2.44. The van der Waals surface area contributed by atoms with E-state index in [1.165, 1.54) is 0 Å². The molecule has 2 aromatic rings. The zero-order valence-corrected chi connectivity index (χ0v) is 11.0. The molecule has 0 amide bonds. The number of esters is 1. The third-order valence-corrected chi connectivity index (χ3v) is 2.54. The molecule has 0 aliphatic rings. The average Bonchev–Trinajstić information content (AvgIpc) is 2.75. The smallest absolute Gasteiger partial charge is 0.343 e. The van der Waals surface area contributed by atoms with Gasteiger partial charge in [0, 0.05) is 13.2 Å². The van der Waals surface area contributed by atoms with Crippen LogP contribution in [0.3, 0.4) is 0 Å². The van der Waals surface area contributed by atoms with Crippen molar-refractivity contribution in [2.24, 2.45) is 7.05 Å². The lowest BCUT2D eigenvalue weighted by Crippen LogP contribution is -2.13. The number of hydrogen-bond donors (Lipinski definition) is 1. The molecule has 0 unspecified atom stereocenters. The van der Waals surface area contributed by atoms with Gasteiger partial charge in [-0.25, -0.2) is 14.8 Å². The molecule has 0 aliphatic carbocycles. The number of hydrogen-bond acceptors (Lipinski definition) is 6. The zero-order valence-electron chi connectivity index (χ0n) is 11.0. The maximum atomic E-state index is 11.7. The molecule has 7 heteroatoms. The van der Waals surface area contributed by atoms with Gasteiger partial charge in [-0.3, -0.25) is 4.68 Å². The summed E-state index contributed by atoms with van der Waals surface area (Å²) in [6.07, 6.45) is 1.78. The Bertz CT molecular complexity index is 597. The fourth-order valence-corrected chi connectivity index (χ4v) is 1.70. The van der Waals surface area contributed by atoms with Crippen LogP contribution in [0.2, 0.25) is 0 Å². The van der Waals surface area contributed by atoms with Crippen molar-refractivity contribution >= 4 is 11.8 Å². The van der Waals surface area contributed by atoms with Crippen molar-refractivity contribution < 1.29 is 9.53 Å². The van der Waals surface area contributed by atoms with Gasteiger partial charge in [0.1, 0.15) is 17.1 Å². The number of rotatable bonds is 3. The molecular formula is C12H15N5O2. The normalized spacial score (nSPS) is 10.5. The molecule has 2 aromatic heterocycles. The molecule has 19 heavy (non-hydrogen) atoms. The van der Waals surface area contributed by atoms with Gasteiger partial charge in [0.2, 0.25) is 0 Å². The van der Waals surface area contributed by atoms with E-state index >= 15 is 0 Å². The van der Waals surface area contributed by atoms with E-state index in [1.54, 1.807) is 37.8 Å². The molecule has 100 valence electrons. The van der Waals surface area contributed by atoms with Crippen LogP contribution >= 0.6 is 0 Å². The number of anilines is 1. The highest BCUT2D eigenvalue weighted by molar-refractivity contribution is 5.95. The van der Waals surface area contributed by atoms with Crippen LogP contribution in [0.25, 0.3) is 11.5 Å². The molecule has 0 saturated carbocycles. The van der Waals surface area contributed by atoms with Crippen LogP contribution in [0.1, 0.15) is 23.0 Å². The second-order valence-electron chi connectivity index (χ2n) is 3.99. The van der Waals surface area contributed by atoms with E-state index in [0.717, 1.165) is 0 Å². The topological polar surface area (TPSA) is 95.9 Å². The number of aryl methyl sites for hydroxylation is 2. The number of carbonyl (C=O) groups is 1. The number of nitrogens with zero attached hydrogens (tertiary/aromatic N) is 4. The van der Waals surface area contributed by atoms with Crippen LogP contribution in [0.15, 0.2) is 12.3 Å². The molecule has 0 radical (unpaired) electrons. The first-order valence-electron chi connectivity index (χ1n) is 5.84. The third-order valence-electron chi connectivity index (χ3n) is 2.54. The van der Waals surface area contributed by atoms with Crippen LogP contribution in [0.4, 0.5) is 5.82 Å². The predicted octanol–water partition coefficient (Wildman–Crippen LogP) is 0.944. The van der Waals surface area contributed by atoms with Gasteiger partial charge in [0.05, 0.1) is 12.3 Å². The first kappa shape index (κ1) is 13.0. The van der Waals surface area contributed by atoms with E-state index in [-0.39, 0.29) is 18.0 Å². The minimum atomic E-state index is -0.509. The molecule has 0 aliphatic heterocycles. The lowest BCUT2D eigenvalue weighted by Gasteiger charge is -2.08. The maximum Gasteiger partial charge on any atom is 0.343 e. The quantitative estimate of drug-likeness (QED) is 0.826. The second kappa shape index (κ2) is 5.05. The summed E-state index contributed by atoms with van der Waals surface area (Å²) in [5, 5.41) is 4.19. The Morgan fingerprint density at radius 3 is 2.74 bits per heavy atom. The van der Waals surface area contributed by atoms with Crippen molar-refractivity contribution in [3.63, 3.8) is 0 Å². The van der Waals surface area contributed by atoms with Gasteiger partial charge < -0.3 is 10.5 Å². The summed E-state index contributed by atoms with van der Waals surface area (Å²) >= 11 is 0. The molecule has 0 atom stereocenters. The van der Waals surface area contributed by atoms with Crippen LogP contribution in [-0.2, 0) is 11.8 Å². The van der Waals surface area contributed by atoms with Crippen LogP contribution in [0, 0.1) is 6.92 Å². The first-order valence-corrected chi connectivity index (χ1v) is 5.84. The van der Waals surface area contributed by atoms with E-state index in [0.29, 0.717) is 17.2 Å². The number of carbonyl (C=O) groups excluding carboxylic acids is 1. The number of ether oxygens (including phenoxy) is 1. The van der Waals surface area contributed by atoms with Crippen molar-refractivity contribution in [3.8, 4) is 11.5 Å². The lowest BCUT2D eigenvalue weighted by molar-refractivity contribution is 0.0526. The minimum absolute atomic E-state index is 0.103. The van der Waals surface area contributed by atoms with Gasteiger partial charge in [0.15, 0.2) is 5.82 Å². The summed E-state index contributed by atoms with van der Waals surface area (Å²) in [5.74, 6) is -0.0136. The van der Waals surface area contributed by atoms with Gasteiger partial charge in [0.25, 0.3) is 0 Å². The van der Waals surface area contributed by atoms with Crippen molar-refractivity contribution in [2.75, 3.05) is 12.3 Å². The summed E-state index contributed by atoms with van der Waals surface area (Å²) in [6.45, 7) is 3.70. The van der Waals surface area contributed by atoms with Gasteiger partial charge in [-0.2, -0.15) is 5.10 Å². The van der Waals surface area contributed by atoms with E-state index in [4.69, 9.17) is 10.5 Å². The number of nitrogen functional groups attached to an aromatic ring is 1. The molecule has 2 rings (SSSR count). The summed E-state index contributed by atoms with van der Waals surface area (Å²) in [6, 6.07) is 1.78. The molecule has 0 saturated heterocycles. The number of aromatic nitrogens is 4. The fraction of sp³-hybridized carbons (Fsp3) is 0.333. The molecule has 0 spiro atoms. The van der Waals surface area contributed by atoms with Crippen LogP contribution in [0.5, 0.6) is 0 Å². The van der Waals surface area contributed by atoms with E-state index in [9.17, 15) is 4.79 Å². The van der Waals surface area contributed by atoms with Crippen molar-refractivity contribution in [2.45, 2.75) is 13.8 Å². The average molecular weight is 261 g/mol. The Morgan fingerprint density at radius 1 is 1.47 bits per heavy atom. The minimum Gasteiger partial charge on any atom is -0.462 e. The molecule has 2 N–H and O–H groups in total. The van der Waals surface area contributed by atoms with Crippen LogP contribution in [-0.4, -0.2) is 32.3 Å². The highest BCUT2D eigenvalue weighted by atomic mass is 16.5. The second-order valence-corrected chi connectivity index (χ2v) is 3.99.